The number of allylic oxidation sites excluding steroid dienone is 2. The van der Waals surface area contributed by atoms with Crippen LogP contribution >= 0.6 is 0 Å². The van der Waals surface area contributed by atoms with Gasteiger partial charge in [-0.2, -0.15) is 0 Å². The van der Waals surface area contributed by atoms with Gasteiger partial charge in [-0.15, -0.1) is 10.2 Å². The molecule has 0 aromatic rings. The largest absolute Gasteiger partial charge is 0.297 e. The highest BCUT2D eigenvalue weighted by molar-refractivity contribution is 6.43. The maximum atomic E-state index is 7.26. The van der Waals surface area contributed by atoms with Crippen molar-refractivity contribution in [2.75, 3.05) is 0 Å². The Morgan fingerprint density at radius 2 is 1.85 bits per heavy atom. The van der Waals surface area contributed by atoms with Crippen molar-refractivity contribution < 1.29 is 0 Å². The lowest BCUT2D eigenvalue weighted by molar-refractivity contribution is 1.25. The van der Waals surface area contributed by atoms with E-state index in [-0.39, 0.29) is 17.4 Å². The van der Waals surface area contributed by atoms with E-state index in [1.807, 2.05) is 0 Å². The predicted molar refractivity (Wildman–Crippen MR) is 53.0 cm³/mol. The van der Waals surface area contributed by atoms with Crippen molar-refractivity contribution in [3.63, 3.8) is 0 Å². The topological polar surface area (TPSA) is 96.3 Å². The molecule has 0 aromatic heterocycles. The first-order chi connectivity index (χ1) is 6.07. The molecule has 5 heteroatoms. The third kappa shape index (κ3) is 5.37. The molecule has 0 rings (SSSR count). The number of azo groups is 1. The summed E-state index contributed by atoms with van der Waals surface area (Å²) in [6.07, 6.45) is 4.41. The van der Waals surface area contributed by atoms with Gasteiger partial charge in [0.1, 0.15) is 5.84 Å². The van der Waals surface area contributed by atoms with Crippen molar-refractivity contribution in [2.24, 2.45) is 10.2 Å². The first-order valence-corrected chi connectivity index (χ1v) is 3.51. The van der Waals surface area contributed by atoms with Crippen LogP contribution in [-0.2, 0) is 0 Å². The van der Waals surface area contributed by atoms with Gasteiger partial charge in [0.05, 0.1) is 5.71 Å². The Bertz CT molecular complexity index is 298. The Morgan fingerprint density at radius 3 is 2.31 bits per heavy atom. The minimum absolute atomic E-state index is 0.00486. The van der Waals surface area contributed by atoms with Crippen LogP contribution in [0.4, 0.5) is 0 Å². The Morgan fingerprint density at radius 1 is 1.23 bits per heavy atom. The summed E-state index contributed by atoms with van der Waals surface area (Å²) in [6, 6.07) is 0. The molecule has 0 unspecified atom stereocenters. The Labute approximate surface area is 76.4 Å². The molecule has 0 saturated carbocycles. The maximum Gasteiger partial charge on any atom is 0.192 e. The Balaban J connectivity index is 4.28. The van der Waals surface area contributed by atoms with E-state index >= 15 is 0 Å². The van der Waals surface area contributed by atoms with E-state index in [0.29, 0.717) is 0 Å². The van der Waals surface area contributed by atoms with Gasteiger partial charge in [-0.05, 0) is 13.0 Å². The van der Waals surface area contributed by atoms with Gasteiger partial charge in [-0.25, -0.2) is 0 Å². The van der Waals surface area contributed by atoms with E-state index in [1.54, 1.807) is 0 Å². The zero-order valence-corrected chi connectivity index (χ0v) is 7.33. The van der Waals surface area contributed by atoms with Gasteiger partial charge >= 0.3 is 0 Å². The molecule has 0 bridgehead atoms. The number of nitrogens with one attached hydrogen (secondary N) is 3. The first kappa shape index (κ1) is 11.1. The van der Waals surface area contributed by atoms with Crippen LogP contribution in [0.25, 0.3) is 0 Å². The number of nitrogens with zero attached hydrogens (tertiary/aromatic N) is 2. The highest BCUT2D eigenvalue weighted by Crippen LogP contribution is 1.87. The maximum absolute atomic E-state index is 7.26. The van der Waals surface area contributed by atoms with Gasteiger partial charge in [0.25, 0.3) is 0 Å². The summed E-state index contributed by atoms with van der Waals surface area (Å²) >= 11 is 0. The molecule has 68 valence electrons. The van der Waals surface area contributed by atoms with Crippen molar-refractivity contribution >= 4 is 17.4 Å². The van der Waals surface area contributed by atoms with Crippen LogP contribution in [0.1, 0.15) is 6.92 Å². The minimum Gasteiger partial charge on any atom is -0.297 e. The van der Waals surface area contributed by atoms with Gasteiger partial charge < -0.3 is 0 Å². The van der Waals surface area contributed by atoms with Crippen LogP contribution in [-0.4, -0.2) is 17.4 Å². The lowest BCUT2D eigenvalue weighted by atomic mass is 10.3. The summed E-state index contributed by atoms with van der Waals surface area (Å²) < 4.78 is 0. The molecule has 0 aliphatic rings. The van der Waals surface area contributed by atoms with E-state index in [2.05, 4.69) is 16.8 Å². The SMILES string of the molecule is C=C/C=C\C(=N)C(=N)/N=N\C(C)=N. The van der Waals surface area contributed by atoms with Crippen molar-refractivity contribution in [1.29, 1.82) is 16.2 Å². The van der Waals surface area contributed by atoms with Crippen LogP contribution in [0.5, 0.6) is 0 Å². The van der Waals surface area contributed by atoms with Gasteiger partial charge in [-0.3, -0.25) is 16.2 Å². The first-order valence-electron chi connectivity index (χ1n) is 3.51. The van der Waals surface area contributed by atoms with Crippen molar-refractivity contribution in [3.05, 3.63) is 24.8 Å². The number of rotatable bonds is 3. The lowest BCUT2D eigenvalue weighted by Crippen LogP contribution is -2.05. The monoisotopic (exact) mass is 177 g/mol. The third-order valence-corrected chi connectivity index (χ3v) is 0.954. The molecule has 13 heavy (non-hydrogen) atoms. The minimum atomic E-state index is -0.273. The molecule has 0 heterocycles. The molecular formula is C8H11N5. The number of hydrogen-bond acceptors (Lipinski definition) is 3. The predicted octanol–water partition coefficient (Wildman–Crippen LogP) is 2.18. The summed E-state index contributed by atoms with van der Waals surface area (Å²) in [5.74, 6) is -0.269. The Kier molecular flexibility index (Phi) is 4.87. The normalized spacial score (nSPS) is 10.5. The molecule has 0 aliphatic heterocycles. The van der Waals surface area contributed by atoms with E-state index in [1.165, 1.54) is 25.2 Å². The van der Waals surface area contributed by atoms with Crippen LogP contribution in [0.3, 0.4) is 0 Å². The highest BCUT2D eigenvalue weighted by atomic mass is 15.1. The summed E-state index contributed by atoms with van der Waals surface area (Å²) in [5.41, 5.74) is -0.0649. The summed E-state index contributed by atoms with van der Waals surface area (Å²) in [6.45, 7) is 4.87. The summed E-state index contributed by atoms with van der Waals surface area (Å²) in [4.78, 5) is 0. The second-order valence-corrected chi connectivity index (χ2v) is 2.14. The highest BCUT2D eigenvalue weighted by Gasteiger charge is 1.97. The standard InChI is InChI=1S/C8H11N5/c1-3-4-5-7(10)8(11)13-12-6(2)9/h3-5,9-11H,1H2,2H3/b5-4-,9-6?,10-7?,11-8?,13-12-. The molecule has 0 atom stereocenters. The molecule has 5 nitrogen and oxygen atoms in total. The smallest absolute Gasteiger partial charge is 0.192 e. The van der Waals surface area contributed by atoms with E-state index in [0.717, 1.165) is 0 Å². The van der Waals surface area contributed by atoms with Crippen molar-refractivity contribution in [1.82, 2.24) is 0 Å². The van der Waals surface area contributed by atoms with Crippen molar-refractivity contribution in [2.45, 2.75) is 6.92 Å². The second kappa shape index (κ2) is 5.70. The van der Waals surface area contributed by atoms with Crippen LogP contribution < -0.4 is 0 Å². The molecular weight excluding hydrogens is 166 g/mol. The van der Waals surface area contributed by atoms with E-state index < -0.39 is 0 Å². The fourth-order valence-electron chi connectivity index (χ4n) is 0.422. The van der Waals surface area contributed by atoms with Gasteiger partial charge in [0, 0.05) is 0 Å². The third-order valence-electron chi connectivity index (χ3n) is 0.954. The fourth-order valence-corrected chi connectivity index (χ4v) is 0.422. The number of hydrogen-bond donors (Lipinski definition) is 3. The van der Waals surface area contributed by atoms with Crippen molar-refractivity contribution in [3.8, 4) is 0 Å². The summed E-state index contributed by atoms with van der Waals surface area (Å²) in [5, 5.41) is 28.1. The van der Waals surface area contributed by atoms with E-state index in [9.17, 15) is 0 Å². The molecule has 3 N–H and O–H groups in total. The van der Waals surface area contributed by atoms with E-state index in [4.69, 9.17) is 16.2 Å². The fraction of sp³-hybridized carbons (Fsp3) is 0.125. The second-order valence-electron chi connectivity index (χ2n) is 2.14. The molecule has 0 aromatic carbocycles. The molecule has 0 radical (unpaired) electrons. The van der Waals surface area contributed by atoms with Crippen LogP contribution in [0, 0.1) is 16.2 Å². The van der Waals surface area contributed by atoms with Gasteiger partial charge in [-0.1, -0.05) is 18.7 Å². The zero-order valence-electron chi connectivity index (χ0n) is 7.33. The van der Waals surface area contributed by atoms with Gasteiger partial charge in [0.15, 0.2) is 5.84 Å². The molecule has 0 fully saturated rings. The molecule has 0 saturated heterocycles. The number of amidine groups is 2. The van der Waals surface area contributed by atoms with Gasteiger partial charge in [0.2, 0.25) is 0 Å². The Hall–Kier alpha value is -1.91. The summed E-state index contributed by atoms with van der Waals surface area (Å²) in [7, 11) is 0. The average Bonchev–Trinajstić information content (AvgIpc) is 2.10. The lowest BCUT2D eigenvalue weighted by Gasteiger charge is -1.90. The average molecular weight is 177 g/mol. The van der Waals surface area contributed by atoms with Crippen LogP contribution in [0.2, 0.25) is 0 Å². The molecule has 0 amide bonds. The van der Waals surface area contributed by atoms with Crippen LogP contribution in [0.15, 0.2) is 35.0 Å². The zero-order chi connectivity index (χ0) is 10.3. The molecule has 0 aliphatic carbocycles. The quantitative estimate of drug-likeness (QED) is 0.255. The molecule has 0 spiro atoms.